The summed E-state index contributed by atoms with van der Waals surface area (Å²) >= 11 is 2.09. The number of rotatable bonds is 17. The molecular formula is C35H52S. The summed E-state index contributed by atoms with van der Waals surface area (Å²) in [7, 11) is 0. The highest BCUT2D eigenvalue weighted by atomic mass is 32.2. The summed E-state index contributed by atoms with van der Waals surface area (Å²) in [5.41, 5.74) is 8.54. The molecule has 1 aromatic carbocycles. The van der Waals surface area contributed by atoms with E-state index in [4.69, 9.17) is 0 Å². The molecule has 0 aliphatic carbocycles. The first-order valence-electron chi connectivity index (χ1n) is 14.1. The van der Waals surface area contributed by atoms with Crippen molar-refractivity contribution in [2.75, 3.05) is 5.75 Å². The molecule has 1 aromatic rings. The van der Waals surface area contributed by atoms with Gasteiger partial charge in [0.2, 0.25) is 0 Å². The molecule has 0 fully saturated rings. The Balaban J connectivity index is 3.00. The molecule has 0 amide bonds. The van der Waals surface area contributed by atoms with Crippen molar-refractivity contribution in [2.45, 2.75) is 98.7 Å². The summed E-state index contributed by atoms with van der Waals surface area (Å²) in [6.45, 7) is 19.9. The van der Waals surface area contributed by atoms with Crippen LogP contribution in [0.1, 0.15) is 91.2 Å². The molecule has 0 aliphatic rings. The molecule has 2 atom stereocenters. The summed E-state index contributed by atoms with van der Waals surface area (Å²) in [6.07, 6.45) is 23.9. The van der Waals surface area contributed by atoms with Crippen molar-refractivity contribution in [1.29, 1.82) is 0 Å². The molecule has 0 radical (unpaired) electrons. The van der Waals surface area contributed by atoms with Crippen molar-refractivity contribution >= 4 is 11.8 Å². The lowest BCUT2D eigenvalue weighted by molar-refractivity contribution is 0.724. The van der Waals surface area contributed by atoms with Crippen molar-refractivity contribution < 1.29 is 0 Å². The molecule has 0 aliphatic heterocycles. The van der Waals surface area contributed by atoms with Gasteiger partial charge in [-0.1, -0.05) is 126 Å². The third-order valence-electron chi connectivity index (χ3n) is 6.58. The van der Waals surface area contributed by atoms with Crippen LogP contribution in [-0.4, -0.2) is 11.0 Å². The fourth-order valence-electron chi connectivity index (χ4n) is 4.49. The van der Waals surface area contributed by atoms with E-state index in [0.717, 1.165) is 44.3 Å². The maximum atomic E-state index is 4.00. The van der Waals surface area contributed by atoms with Gasteiger partial charge in [-0.2, -0.15) is 11.8 Å². The molecule has 0 saturated heterocycles. The van der Waals surface area contributed by atoms with Crippen LogP contribution in [0.25, 0.3) is 0 Å². The molecule has 0 N–H and O–H groups in total. The molecule has 0 spiro atoms. The number of thioether (sulfide) groups is 1. The highest BCUT2D eigenvalue weighted by Crippen LogP contribution is 2.28. The van der Waals surface area contributed by atoms with Crippen LogP contribution in [0.4, 0.5) is 0 Å². The molecule has 36 heavy (non-hydrogen) atoms. The number of benzene rings is 1. The number of unbranched alkanes of at least 4 members (excludes halogenated alkanes) is 1. The first-order valence-corrected chi connectivity index (χ1v) is 15.2. The Kier molecular flexibility index (Phi) is 17.1. The molecule has 0 saturated carbocycles. The molecule has 0 heterocycles. The summed E-state index contributed by atoms with van der Waals surface area (Å²) in [4.78, 5) is 0. The first-order chi connectivity index (χ1) is 17.4. The fraction of sp³-hybridized carbons (Fsp3) is 0.486. The van der Waals surface area contributed by atoms with Crippen LogP contribution in [0.5, 0.6) is 0 Å². The largest absolute Gasteiger partial charge is 0.158 e. The standard InChI is InChI=1S/C35H52S/c1-9-14-15-21-34(23-22-33(13-5)35(18-11-3)32(12-4)17-10-2)29(7)24-25-36-30(8)27-31-20-16-19-28(6)26-31/h11,15-23,26,30,33H,3,9-10,12-14,24-25,27H2,1-2,4-8H3/b21-15-,23-22-,32-17-,34-29+,35-18+. The van der Waals surface area contributed by atoms with Gasteiger partial charge in [0.25, 0.3) is 0 Å². The van der Waals surface area contributed by atoms with Gasteiger partial charge < -0.3 is 0 Å². The van der Waals surface area contributed by atoms with Gasteiger partial charge in [0, 0.05) is 11.2 Å². The van der Waals surface area contributed by atoms with Crippen LogP contribution in [-0.2, 0) is 6.42 Å². The average molecular weight is 505 g/mol. The maximum Gasteiger partial charge on any atom is 0.00592 e. The third kappa shape index (κ3) is 12.3. The van der Waals surface area contributed by atoms with E-state index >= 15 is 0 Å². The van der Waals surface area contributed by atoms with Crippen molar-refractivity contribution in [3.05, 3.63) is 107 Å². The van der Waals surface area contributed by atoms with Crippen molar-refractivity contribution in [1.82, 2.24) is 0 Å². The molecular weight excluding hydrogens is 452 g/mol. The Morgan fingerprint density at radius 1 is 1.11 bits per heavy atom. The summed E-state index contributed by atoms with van der Waals surface area (Å²) in [5, 5.41) is 0.628. The van der Waals surface area contributed by atoms with E-state index < -0.39 is 0 Å². The minimum atomic E-state index is 0.409. The van der Waals surface area contributed by atoms with Gasteiger partial charge in [-0.15, -0.1) is 0 Å². The maximum absolute atomic E-state index is 4.00. The monoisotopic (exact) mass is 504 g/mol. The van der Waals surface area contributed by atoms with E-state index in [-0.39, 0.29) is 0 Å². The predicted octanol–water partition coefficient (Wildman–Crippen LogP) is 11.2. The van der Waals surface area contributed by atoms with E-state index in [9.17, 15) is 0 Å². The Labute approximate surface area is 228 Å². The van der Waals surface area contributed by atoms with Crippen LogP contribution in [0.15, 0.2) is 95.7 Å². The molecule has 1 rings (SSSR count). The molecule has 0 aromatic heterocycles. The number of allylic oxidation sites excluding steroid dienone is 11. The van der Waals surface area contributed by atoms with Crippen molar-refractivity contribution in [3.63, 3.8) is 0 Å². The van der Waals surface area contributed by atoms with Crippen LogP contribution >= 0.6 is 11.8 Å². The summed E-state index contributed by atoms with van der Waals surface area (Å²) < 4.78 is 0. The van der Waals surface area contributed by atoms with Gasteiger partial charge in [-0.05, 0) is 80.4 Å². The minimum absolute atomic E-state index is 0.409. The van der Waals surface area contributed by atoms with Gasteiger partial charge in [-0.3, -0.25) is 0 Å². The zero-order chi connectivity index (χ0) is 26.8. The second-order valence-corrected chi connectivity index (χ2v) is 11.3. The van der Waals surface area contributed by atoms with E-state index in [1.807, 2.05) is 6.08 Å². The van der Waals surface area contributed by atoms with Gasteiger partial charge in [0.05, 0.1) is 0 Å². The van der Waals surface area contributed by atoms with E-state index in [0.29, 0.717) is 11.2 Å². The van der Waals surface area contributed by atoms with Gasteiger partial charge in [0.15, 0.2) is 0 Å². The van der Waals surface area contributed by atoms with Crippen LogP contribution in [0.3, 0.4) is 0 Å². The van der Waals surface area contributed by atoms with Crippen molar-refractivity contribution in [3.8, 4) is 0 Å². The van der Waals surface area contributed by atoms with Gasteiger partial charge in [0.1, 0.15) is 0 Å². The second kappa shape index (κ2) is 19.2. The molecule has 0 nitrogen and oxygen atoms in total. The molecule has 1 heteroatoms. The Morgan fingerprint density at radius 3 is 2.50 bits per heavy atom. The smallest absolute Gasteiger partial charge is 0.00592 e. The summed E-state index contributed by atoms with van der Waals surface area (Å²) in [6, 6.07) is 8.94. The van der Waals surface area contributed by atoms with Crippen molar-refractivity contribution in [2.24, 2.45) is 5.92 Å². The van der Waals surface area contributed by atoms with Crippen LogP contribution in [0, 0.1) is 12.8 Å². The first kappa shape index (κ1) is 32.0. The van der Waals surface area contributed by atoms with Gasteiger partial charge in [-0.25, -0.2) is 0 Å². The summed E-state index contributed by atoms with van der Waals surface area (Å²) in [5.74, 6) is 1.57. The normalized spacial score (nSPS) is 15.4. The second-order valence-electron chi connectivity index (χ2n) is 9.77. The topological polar surface area (TPSA) is 0 Å². The quantitative estimate of drug-likeness (QED) is 0.190. The fourth-order valence-corrected chi connectivity index (χ4v) is 5.63. The number of aryl methyl sites for hydroxylation is 1. The lowest BCUT2D eigenvalue weighted by atomic mass is 9.87. The Morgan fingerprint density at radius 2 is 1.89 bits per heavy atom. The third-order valence-corrected chi connectivity index (χ3v) is 7.75. The predicted molar refractivity (Wildman–Crippen MR) is 168 cm³/mol. The zero-order valence-electron chi connectivity index (χ0n) is 24.3. The molecule has 0 bridgehead atoms. The Bertz CT molecular complexity index is 922. The van der Waals surface area contributed by atoms with Crippen LogP contribution < -0.4 is 0 Å². The average Bonchev–Trinajstić information content (AvgIpc) is 2.85. The SMILES string of the molecule is C=C/C=C(\C(=C/CC)CC)C(\C=C/C(/C=C\CCC)=C(\C)CCSC(C)Cc1cccc(C)c1)CC. The minimum Gasteiger partial charge on any atom is -0.158 e. The number of hydrogen-bond acceptors (Lipinski definition) is 1. The van der Waals surface area contributed by atoms with E-state index in [2.05, 4.69) is 128 Å². The highest BCUT2D eigenvalue weighted by Gasteiger charge is 2.12. The van der Waals surface area contributed by atoms with Gasteiger partial charge >= 0.3 is 0 Å². The number of hydrogen-bond donors (Lipinski definition) is 0. The molecule has 2 unspecified atom stereocenters. The van der Waals surface area contributed by atoms with E-state index in [1.165, 1.54) is 39.8 Å². The van der Waals surface area contributed by atoms with Crippen LogP contribution in [0.2, 0.25) is 0 Å². The van der Waals surface area contributed by atoms with E-state index in [1.54, 1.807) is 0 Å². The lowest BCUT2D eigenvalue weighted by Crippen LogP contribution is -2.04. The Hall–Kier alpha value is -1.99. The molecule has 198 valence electrons. The highest BCUT2D eigenvalue weighted by molar-refractivity contribution is 7.99. The zero-order valence-corrected chi connectivity index (χ0v) is 25.1. The lowest BCUT2D eigenvalue weighted by Gasteiger charge is -2.18.